The van der Waals surface area contributed by atoms with Crippen LogP contribution >= 0.6 is 0 Å². The van der Waals surface area contributed by atoms with Crippen molar-refractivity contribution >= 4 is 0 Å². The molecule has 2 nitrogen and oxygen atoms in total. The van der Waals surface area contributed by atoms with Crippen LogP contribution in [0, 0.1) is 0 Å². The van der Waals surface area contributed by atoms with Gasteiger partial charge in [0.15, 0.2) is 0 Å². The topological polar surface area (TPSA) is 21.3 Å². The molecular formula is C11H19NO. The van der Waals surface area contributed by atoms with Crippen molar-refractivity contribution in [2.24, 2.45) is 0 Å². The van der Waals surface area contributed by atoms with Crippen molar-refractivity contribution in [3.05, 3.63) is 17.6 Å². The van der Waals surface area contributed by atoms with Gasteiger partial charge in [0.05, 0.1) is 0 Å². The maximum absolute atomic E-state index is 5.49. The number of ether oxygens (including phenoxy) is 1. The molecule has 0 atom stereocenters. The Morgan fingerprint density at radius 3 is 3.23 bits per heavy atom. The second-order valence-electron chi connectivity index (χ2n) is 3.31. The highest BCUT2D eigenvalue weighted by atomic mass is 16.5. The van der Waals surface area contributed by atoms with Crippen LogP contribution in [0.25, 0.3) is 0 Å². The van der Waals surface area contributed by atoms with Gasteiger partial charge in [-0.3, -0.25) is 5.32 Å². The van der Waals surface area contributed by atoms with Crippen LogP contribution in [0.2, 0.25) is 0 Å². The number of hydrogen-bond acceptors (Lipinski definition) is 2. The van der Waals surface area contributed by atoms with Crippen LogP contribution in [0.15, 0.2) is 17.6 Å². The van der Waals surface area contributed by atoms with Crippen molar-refractivity contribution in [1.29, 1.82) is 0 Å². The molecule has 0 fully saturated rings. The Kier molecular flexibility index (Phi) is 5.39. The molecule has 0 radical (unpaired) electrons. The summed E-state index contributed by atoms with van der Waals surface area (Å²) in [6.07, 6.45) is 7.91. The SMILES string of the molecule is CCCCNCOC1=C=CCCC1. The van der Waals surface area contributed by atoms with Gasteiger partial charge in [0.1, 0.15) is 12.5 Å². The lowest BCUT2D eigenvalue weighted by atomic mass is 10.1. The number of rotatable bonds is 6. The molecule has 1 aliphatic rings. The van der Waals surface area contributed by atoms with Gasteiger partial charge >= 0.3 is 0 Å². The second-order valence-corrected chi connectivity index (χ2v) is 3.31. The molecule has 74 valence electrons. The van der Waals surface area contributed by atoms with E-state index < -0.39 is 0 Å². The highest BCUT2D eigenvalue weighted by molar-refractivity contribution is 4.98. The molecule has 0 aromatic heterocycles. The first-order valence-corrected chi connectivity index (χ1v) is 5.21. The highest BCUT2D eigenvalue weighted by Crippen LogP contribution is 2.11. The molecule has 0 aliphatic heterocycles. The van der Waals surface area contributed by atoms with Crippen LogP contribution in [0.1, 0.15) is 39.0 Å². The predicted octanol–water partition coefficient (Wildman–Crippen LogP) is 2.57. The number of hydrogen-bond donors (Lipinski definition) is 1. The Bertz CT molecular complexity index is 192. The van der Waals surface area contributed by atoms with E-state index in [0.29, 0.717) is 6.73 Å². The maximum Gasteiger partial charge on any atom is 0.140 e. The zero-order valence-corrected chi connectivity index (χ0v) is 8.44. The lowest BCUT2D eigenvalue weighted by Gasteiger charge is -2.10. The van der Waals surface area contributed by atoms with Gasteiger partial charge in [-0.1, -0.05) is 19.1 Å². The van der Waals surface area contributed by atoms with Gasteiger partial charge in [0.25, 0.3) is 0 Å². The lowest BCUT2D eigenvalue weighted by molar-refractivity contribution is 0.178. The molecule has 0 saturated carbocycles. The van der Waals surface area contributed by atoms with E-state index in [2.05, 4.69) is 24.0 Å². The van der Waals surface area contributed by atoms with Crippen molar-refractivity contribution in [1.82, 2.24) is 5.32 Å². The zero-order valence-electron chi connectivity index (χ0n) is 8.44. The van der Waals surface area contributed by atoms with E-state index in [0.717, 1.165) is 25.1 Å². The van der Waals surface area contributed by atoms with Crippen molar-refractivity contribution in [2.45, 2.75) is 39.0 Å². The van der Waals surface area contributed by atoms with E-state index in [-0.39, 0.29) is 0 Å². The lowest BCUT2D eigenvalue weighted by Crippen LogP contribution is -2.18. The summed E-state index contributed by atoms with van der Waals surface area (Å²) >= 11 is 0. The number of nitrogens with one attached hydrogen (secondary N) is 1. The average Bonchev–Trinajstić information content (AvgIpc) is 2.19. The zero-order chi connectivity index (χ0) is 9.36. The molecule has 0 aromatic carbocycles. The van der Waals surface area contributed by atoms with E-state index in [4.69, 9.17) is 4.74 Å². The molecule has 0 spiro atoms. The number of unbranched alkanes of at least 4 members (excludes halogenated alkanes) is 1. The van der Waals surface area contributed by atoms with Crippen LogP contribution in [0.5, 0.6) is 0 Å². The molecule has 0 heterocycles. The maximum atomic E-state index is 5.49. The summed E-state index contributed by atoms with van der Waals surface area (Å²) < 4.78 is 5.49. The molecule has 1 aliphatic carbocycles. The minimum Gasteiger partial charge on any atom is -0.475 e. The Morgan fingerprint density at radius 2 is 2.54 bits per heavy atom. The third kappa shape index (κ3) is 4.76. The van der Waals surface area contributed by atoms with E-state index >= 15 is 0 Å². The summed E-state index contributed by atoms with van der Waals surface area (Å²) in [5.41, 5.74) is 3.14. The molecule has 0 unspecified atom stereocenters. The van der Waals surface area contributed by atoms with Gasteiger partial charge in [-0.2, -0.15) is 0 Å². The highest BCUT2D eigenvalue weighted by Gasteiger charge is 1.99. The quantitative estimate of drug-likeness (QED) is 0.386. The fraction of sp³-hybridized carbons (Fsp3) is 0.727. The third-order valence-corrected chi connectivity index (χ3v) is 2.07. The van der Waals surface area contributed by atoms with Gasteiger partial charge in [0, 0.05) is 6.42 Å². The van der Waals surface area contributed by atoms with Gasteiger partial charge in [0.2, 0.25) is 0 Å². The van der Waals surface area contributed by atoms with Crippen molar-refractivity contribution in [3.63, 3.8) is 0 Å². The van der Waals surface area contributed by atoms with Gasteiger partial charge in [-0.15, -0.1) is 0 Å². The minimum atomic E-state index is 0.635. The summed E-state index contributed by atoms with van der Waals surface area (Å²) in [4.78, 5) is 0. The van der Waals surface area contributed by atoms with Crippen LogP contribution < -0.4 is 5.32 Å². The van der Waals surface area contributed by atoms with Crippen molar-refractivity contribution in [2.75, 3.05) is 13.3 Å². The minimum absolute atomic E-state index is 0.635. The van der Waals surface area contributed by atoms with Gasteiger partial charge in [-0.25, -0.2) is 0 Å². The van der Waals surface area contributed by atoms with E-state index in [1.165, 1.54) is 19.3 Å². The summed E-state index contributed by atoms with van der Waals surface area (Å²) in [6, 6.07) is 0. The van der Waals surface area contributed by atoms with Crippen molar-refractivity contribution < 1.29 is 4.74 Å². The molecule has 0 aromatic rings. The largest absolute Gasteiger partial charge is 0.475 e. The van der Waals surface area contributed by atoms with Gasteiger partial charge < -0.3 is 4.74 Å². The molecular weight excluding hydrogens is 162 g/mol. The van der Waals surface area contributed by atoms with Gasteiger partial charge in [-0.05, 0) is 31.9 Å². The molecule has 13 heavy (non-hydrogen) atoms. The summed E-state index contributed by atoms with van der Waals surface area (Å²) in [7, 11) is 0. The predicted molar refractivity (Wildman–Crippen MR) is 54.3 cm³/mol. The fourth-order valence-electron chi connectivity index (χ4n) is 1.25. The summed E-state index contributed by atoms with van der Waals surface area (Å²) in [5.74, 6) is 1.01. The Labute approximate surface area is 80.7 Å². The molecule has 0 amide bonds. The molecule has 1 N–H and O–H groups in total. The molecule has 0 saturated heterocycles. The Hall–Kier alpha value is -0.720. The van der Waals surface area contributed by atoms with Crippen molar-refractivity contribution in [3.8, 4) is 0 Å². The van der Waals surface area contributed by atoms with E-state index in [1.54, 1.807) is 0 Å². The molecule has 2 heteroatoms. The first kappa shape index (κ1) is 10.4. The molecule has 0 bridgehead atoms. The normalized spacial score (nSPS) is 15.6. The first-order valence-electron chi connectivity index (χ1n) is 5.21. The van der Waals surface area contributed by atoms with E-state index in [1.807, 2.05) is 0 Å². The third-order valence-electron chi connectivity index (χ3n) is 2.07. The fourth-order valence-corrected chi connectivity index (χ4v) is 1.25. The monoisotopic (exact) mass is 181 g/mol. The summed E-state index contributed by atoms with van der Waals surface area (Å²) in [5, 5.41) is 3.24. The Balaban J connectivity index is 2.02. The van der Waals surface area contributed by atoms with E-state index in [9.17, 15) is 0 Å². The van der Waals surface area contributed by atoms with Crippen LogP contribution in [0.4, 0.5) is 0 Å². The average molecular weight is 181 g/mol. The molecule has 1 rings (SSSR count). The second kappa shape index (κ2) is 6.76. The standard InChI is InChI=1S/C11H19NO/c1-2-3-9-12-10-13-11-7-5-4-6-8-11/h5,12H,2-4,6,8-10H2,1H3. The van der Waals surface area contributed by atoms with Crippen LogP contribution in [0.3, 0.4) is 0 Å². The van der Waals surface area contributed by atoms with Crippen LogP contribution in [-0.2, 0) is 4.74 Å². The first-order chi connectivity index (χ1) is 6.43. The summed E-state index contributed by atoms with van der Waals surface area (Å²) in [6.45, 7) is 3.87. The smallest absolute Gasteiger partial charge is 0.140 e. The van der Waals surface area contributed by atoms with Crippen LogP contribution in [-0.4, -0.2) is 13.3 Å². The Morgan fingerprint density at radius 1 is 1.62 bits per heavy atom. The number of allylic oxidation sites excluding steroid dienone is 1.